The molecule has 2 heterocycles. The second-order valence-electron chi connectivity index (χ2n) is 4.83. The predicted molar refractivity (Wildman–Crippen MR) is 88.0 cm³/mol. The van der Waals surface area contributed by atoms with E-state index in [1.807, 2.05) is 30.3 Å². The van der Waals surface area contributed by atoms with Crippen LogP contribution in [0.25, 0.3) is 22.0 Å². The van der Waals surface area contributed by atoms with Crippen LogP contribution in [0.15, 0.2) is 42.7 Å². The van der Waals surface area contributed by atoms with Gasteiger partial charge in [0.1, 0.15) is 5.69 Å². The monoisotopic (exact) mass is 314 g/mol. The molecular formula is C16H15ClN4O. The number of benzene rings is 1. The molecule has 3 aromatic rings. The Morgan fingerprint density at radius 1 is 1.05 bits per heavy atom. The maximum atomic E-state index is 8.88. The highest BCUT2D eigenvalue weighted by molar-refractivity contribution is 6.30. The standard InChI is InChI=1S/C16H15ClN4O/c17-12-4-2-11(3-5-12)15-14-10-18-8-6-13(14)16(21-20-15)19-7-1-9-22/h2-6,8,10,22H,1,7,9H2,(H,19,21). The van der Waals surface area contributed by atoms with Gasteiger partial charge in [-0.15, -0.1) is 10.2 Å². The summed E-state index contributed by atoms with van der Waals surface area (Å²) in [7, 11) is 0. The minimum absolute atomic E-state index is 0.142. The fraction of sp³-hybridized carbons (Fsp3) is 0.188. The zero-order valence-electron chi connectivity index (χ0n) is 11.8. The number of fused-ring (bicyclic) bond motifs is 1. The minimum atomic E-state index is 0.142. The lowest BCUT2D eigenvalue weighted by atomic mass is 10.1. The average Bonchev–Trinajstić information content (AvgIpc) is 2.56. The Kier molecular flexibility index (Phi) is 4.46. The van der Waals surface area contributed by atoms with Crippen LogP contribution in [-0.2, 0) is 0 Å². The molecule has 0 saturated carbocycles. The number of pyridine rings is 1. The number of anilines is 1. The van der Waals surface area contributed by atoms with Crippen molar-refractivity contribution in [2.24, 2.45) is 0 Å². The molecule has 3 rings (SSSR count). The number of halogens is 1. The lowest BCUT2D eigenvalue weighted by molar-refractivity contribution is 0.292. The van der Waals surface area contributed by atoms with Gasteiger partial charge in [0.15, 0.2) is 5.82 Å². The Labute approximate surface area is 133 Å². The van der Waals surface area contributed by atoms with E-state index in [0.29, 0.717) is 23.8 Å². The van der Waals surface area contributed by atoms with Crippen LogP contribution in [0, 0.1) is 0 Å². The Morgan fingerprint density at radius 3 is 2.64 bits per heavy atom. The quantitative estimate of drug-likeness (QED) is 0.708. The third kappa shape index (κ3) is 3.00. The highest BCUT2D eigenvalue weighted by atomic mass is 35.5. The van der Waals surface area contributed by atoms with Gasteiger partial charge >= 0.3 is 0 Å². The van der Waals surface area contributed by atoms with Crippen molar-refractivity contribution < 1.29 is 5.11 Å². The van der Waals surface area contributed by atoms with E-state index >= 15 is 0 Å². The van der Waals surface area contributed by atoms with Crippen molar-refractivity contribution in [1.29, 1.82) is 0 Å². The summed E-state index contributed by atoms with van der Waals surface area (Å²) in [6, 6.07) is 9.39. The number of aliphatic hydroxyl groups excluding tert-OH is 1. The van der Waals surface area contributed by atoms with E-state index in [9.17, 15) is 0 Å². The van der Waals surface area contributed by atoms with Crippen LogP contribution in [0.3, 0.4) is 0 Å². The number of nitrogens with zero attached hydrogens (tertiary/aromatic N) is 3. The van der Waals surface area contributed by atoms with Crippen LogP contribution >= 0.6 is 11.6 Å². The summed E-state index contributed by atoms with van der Waals surface area (Å²) < 4.78 is 0. The van der Waals surface area contributed by atoms with Crippen molar-refractivity contribution in [2.45, 2.75) is 6.42 Å². The van der Waals surface area contributed by atoms with Crippen LogP contribution in [0.5, 0.6) is 0 Å². The first-order valence-electron chi connectivity index (χ1n) is 7.00. The smallest absolute Gasteiger partial charge is 0.156 e. The molecule has 6 heteroatoms. The highest BCUT2D eigenvalue weighted by Crippen LogP contribution is 2.29. The zero-order valence-corrected chi connectivity index (χ0v) is 12.6. The second-order valence-corrected chi connectivity index (χ2v) is 5.27. The topological polar surface area (TPSA) is 70.9 Å². The fourth-order valence-electron chi connectivity index (χ4n) is 2.23. The first-order chi connectivity index (χ1) is 10.8. The van der Waals surface area contributed by atoms with Gasteiger partial charge in [-0.1, -0.05) is 23.7 Å². The van der Waals surface area contributed by atoms with E-state index in [2.05, 4.69) is 20.5 Å². The van der Waals surface area contributed by atoms with Crippen molar-refractivity contribution in [3.8, 4) is 11.3 Å². The molecule has 0 spiro atoms. The van der Waals surface area contributed by atoms with E-state index in [1.165, 1.54) is 0 Å². The number of hydrogen-bond donors (Lipinski definition) is 2. The molecule has 1 aromatic carbocycles. The SMILES string of the molecule is OCCCNc1nnc(-c2ccc(Cl)cc2)c2cnccc12. The van der Waals surface area contributed by atoms with Gasteiger partial charge in [0.2, 0.25) is 0 Å². The van der Waals surface area contributed by atoms with Gasteiger partial charge in [0.25, 0.3) is 0 Å². The van der Waals surface area contributed by atoms with Gasteiger partial charge in [0.05, 0.1) is 0 Å². The molecule has 0 aliphatic carbocycles. The van der Waals surface area contributed by atoms with E-state index in [0.717, 1.165) is 22.0 Å². The van der Waals surface area contributed by atoms with Gasteiger partial charge in [-0.05, 0) is 24.6 Å². The molecule has 0 radical (unpaired) electrons. The normalized spacial score (nSPS) is 10.8. The van der Waals surface area contributed by atoms with Crippen LogP contribution < -0.4 is 5.32 Å². The molecule has 2 N–H and O–H groups in total. The van der Waals surface area contributed by atoms with E-state index in [1.54, 1.807) is 12.4 Å². The van der Waals surface area contributed by atoms with Crippen LogP contribution in [0.2, 0.25) is 5.02 Å². The van der Waals surface area contributed by atoms with Gasteiger partial charge in [-0.2, -0.15) is 0 Å². The first-order valence-corrected chi connectivity index (χ1v) is 7.38. The van der Waals surface area contributed by atoms with Gasteiger partial charge in [-0.3, -0.25) is 4.98 Å². The van der Waals surface area contributed by atoms with Crippen molar-refractivity contribution in [3.63, 3.8) is 0 Å². The molecule has 0 fully saturated rings. The third-order valence-electron chi connectivity index (χ3n) is 3.33. The molecule has 0 bridgehead atoms. The summed E-state index contributed by atoms with van der Waals surface area (Å²) in [6.07, 6.45) is 4.17. The third-order valence-corrected chi connectivity index (χ3v) is 3.58. The summed E-state index contributed by atoms with van der Waals surface area (Å²) in [5.41, 5.74) is 1.71. The molecule has 0 amide bonds. The van der Waals surface area contributed by atoms with Gasteiger partial charge in [-0.25, -0.2) is 0 Å². The van der Waals surface area contributed by atoms with E-state index in [-0.39, 0.29) is 6.61 Å². The molecule has 0 unspecified atom stereocenters. The van der Waals surface area contributed by atoms with Crippen molar-refractivity contribution in [2.75, 3.05) is 18.5 Å². The summed E-state index contributed by atoms with van der Waals surface area (Å²) in [5.74, 6) is 0.698. The first kappa shape index (κ1) is 14.7. The number of hydrogen-bond acceptors (Lipinski definition) is 5. The molecule has 2 aromatic heterocycles. The number of rotatable bonds is 5. The molecule has 0 aliphatic heterocycles. The fourth-order valence-corrected chi connectivity index (χ4v) is 2.36. The molecular weight excluding hydrogens is 300 g/mol. The Balaban J connectivity index is 2.06. The summed E-state index contributed by atoms with van der Waals surface area (Å²) in [6.45, 7) is 0.783. The Bertz CT molecular complexity index is 777. The van der Waals surface area contributed by atoms with Crippen molar-refractivity contribution in [1.82, 2.24) is 15.2 Å². The number of aromatic nitrogens is 3. The Morgan fingerprint density at radius 2 is 1.86 bits per heavy atom. The van der Waals surface area contributed by atoms with Crippen LogP contribution in [0.1, 0.15) is 6.42 Å². The van der Waals surface area contributed by atoms with Crippen LogP contribution in [-0.4, -0.2) is 33.4 Å². The van der Waals surface area contributed by atoms with E-state index < -0.39 is 0 Å². The second kappa shape index (κ2) is 6.68. The lowest BCUT2D eigenvalue weighted by Gasteiger charge is -2.10. The number of aliphatic hydroxyl groups is 1. The van der Waals surface area contributed by atoms with Gasteiger partial charge < -0.3 is 10.4 Å². The summed E-state index contributed by atoms with van der Waals surface area (Å²) in [5, 5.41) is 23.2. The molecule has 112 valence electrons. The minimum Gasteiger partial charge on any atom is -0.396 e. The molecule has 0 saturated heterocycles. The van der Waals surface area contributed by atoms with Crippen molar-refractivity contribution in [3.05, 3.63) is 47.7 Å². The molecule has 0 aliphatic rings. The molecule has 5 nitrogen and oxygen atoms in total. The predicted octanol–water partition coefficient (Wildman–Crippen LogP) is 3.14. The van der Waals surface area contributed by atoms with Gasteiger partial charge in [0, 0.05) is 46.9 Å². The number of nitrogens with one attached hydrogen (secondary N) is 1. The maximum absolute atomic E-state index is 8.88. The average molecular weight is 315 g/mol. The highest BCUT2D eigenvalue weighted by Gasteiger charge is 2.10. The van der Waals surface area contributed by atoms with E-state index in [4.69, 9.17) is 16.7 Å². The molecule has 0 atom stereocenters. The van der Waals surface area contributed by atoms with Crippen LogP contribution in [0.4, 0.5) is 5.82 Å². The zero-order chi connectivity index (χ0) is 15.4. The lowest BCUT2D eigenvalue weighted by Crippen LogP contribution is -2.07. The summed E-state index contributed by atoms with van der Waals surface area (Å²) >= 11 is 5.93. The summed E-state index contributed by atoms with van der Waals surface area (Å²) in [4.78, 5) is 4.19. The molecule has 22 heavy (non-hydrogen) atoms. The largest absolute Gasteiger partial charge is 0.396 e. The maximum Gasteiger partial charge on any atom is 0.156 e. The van der Waals surface area contributed by atoms with Crippen molar-refractivity contribution >= 4 is 28.2 Å². The Hall–Kier alpha value is -2.24.